The third-order valence-corrected chi connectivity index (χ3v) is 7.70. The lowest BCUT2D eigenvalue weighted by molar-refractivity contribution is -0.122. The fourth-order valence-electron chi connectivity index (χ4n) is 4.84. The lowest BCUT2D eigenvalue weighted by atomic mass is 10.1. The molecule has 8 nitrogen and oxygen atoms in total. The predicted molar refractivity (Wildman–Crippen MR) is 146 cm³/mol. The number of hydrogen-bond acceptors (Lipinski definition) is 7. The number of halogens is 1. The fraction of sp³-hybridized carbons (Fsp3) is 0.241. The van der Waals surface area contributed by atoms with E-state index in [2.05, 4.69) is 10.3 Å². The van der Waals surface area contributed by atoms with Crippen LogP contribution in [0, 0.1) is 5.82 Å². The summed E-state index contributed by atoms with van der Waals surface area (Å²) in [6.07, 6.45) is 0.442. The SMILES string of the molecule is O=C(CCC1C(=O)N=C2c3ccccc3N=C(SCc3cc(F)cc4c3OCOC4)N21)NCc1ccccc1. The summed E-state index contributed by atoms with van der Waals surface area (Å²) in [5.74, 6) is 0.679. The Kier molecular flexibility index (Phi) is 7.12. The minimum atomic E-state index is -0.659. The smallest absolute Gasteiger partial charge is 0.270 e. The van der Waals surface area contributed by atoms with Crippen LogP contribution < -0.4 is 10.1 Å². The molecule has 0 fully saturated rings. The summed E-state index contributed by atoms with van der Waals surface area (Å²) < 4.78 is 25.3. The van der Waals surface area contributed by atoms with Gasteiger partial charge in [-0.2, -0.15) is 4.99 Å². The van der Waals surface area contributed by atoms with E-state index < -0.39 is 6.04 Å². The van der Waals surface area contributed by atoms with Crippen molar-refractivity contribution in [3.8, 4) is 5.75 Å². The molecule has 0 aromatic heterocycles. The quantitative estimate of drug-likeness (QED) is 0.464. The first-order valence-electron chi connectivity index (χ1n) is 12.6. The van der Waals surface area contributed by atoms with Crippen molar-refractivity contribution >= 4 is 40.3 Å². The summed E-state index contributed by atoms with van der Waals surface area (Å²) in [6.45, 7) is 0.812. The normalized spacial score (nSPS) is 17.4. The maximum Gasteiger partial charge on any atom is 0.270 e. The number of para-hydroxylation sites is 1. The highest BCUT2D eigenvalue weighted by molar-refractivity contribution is 8.13. The Bertz CT molecular complexity index is 1490. The number of fused-ring (bicyclic) bond motifs is 4. The van der Waals surface area contributed by atoms with E-state index in [9.17, 15) is 14.0 Å². The van der Waals surface area contributed by atoms with Crippen molar-refractivity contribution in [3.05, 3.63) is 94.8 Å². The van der Waals surface area contributed by atoms with E-state index >= 15 is 0 Å². The number of benzene rings is 3. The molecule has 0 spiro atoms. The zero-order valence-corrected chi connectivity index (χ0v) is 21.7. The van der Waals surface area contributed by atoms with Gasteiger partial charge in [0, 0.05) is 35.4 Å². The van der Waals surface area contributed by atoms with Crippen molar-refractivity contribution in [2.45, 2.75) is 37.8 Å². The fourth-order valence-corrected chi connectivity index (χ4v) is 5.85. The molecule has 198 valence electrons. The average Bonchev–Trinajstić information content (AvgIpc) is 3.30. The summed E-state index contributed by atoms with van der Waals surface area (Å²) in [4.78, 5) is 36.7. The molecule has 3 aromatic rings. The van der Waals surface area contributed by atoms with E-state index in [1.165, 1.54) is 23.9 Å². The number of rotatable bonds is 7. The molecular formula is C29H25FN4O4S. The Balaban J connectivity index is 1.21. The number of carbonyl (C=O) groups excluding carboxylic acids is 2. The summed E-state index contributed by atoms with van der Waals surface area (Å²) >= 11 is 1.37. The Morgan fingerprint density at radius 3 is 2.79 bits per heavy atom. The van der Waals surface area contributed by atoms with Gasteiger partial charge in [-0.1, -0.05) is 54.2 Å². The van der Waals surface area contributed by atoms with Crippen LogP contribution in [0.4, 0.5) is 10.1 Å². The molecule has 0 bridgehead atoms. The van der Waals surface area contributed by atoms with Crippen LogP contribution in [-0.2, 0) is 33.2 Å². The van der Waals surface area contributed by atoms with E-state index in [1.54, 1.807) is 0 Å². The number of aliphatic imine (C=N–C) groups is 2. The standard InChI is InChI=1S/C29H25FN4O4S/c30-21-12-19-15-37-17-38-26(19)20(13-21)16-39-29-32-23-9-5-4-8-22(23)27-33-28(36)24(34(27)29)10-11-25(35)31-14-18-6-2-1-3-7-18/h1-9,12-13,24H,10-11,14-17H2,(H,31,35). The highest BCUT2D eigenvalue weighted by Crippen LogP contribution is 2.38. The first kappa shape index (κ1) is 25.3. The van der Waals surface area contributed by atoms with Gasteiger partial charge in [-0.3, -0.25) is 14.5 Å². The first-order valence-corrected chi connectivity index (χ1v) is 13.6. The van der Waals surface area contributed by atoms with Gasteiger partial charge >= 0.3 is 0 Å². The molecule has 0 saturated heterocycles. The number of nitrogens with zero attached hydrogens (tertiary/aromatic N) is 3. The van der Waals surface area contributed by atoms with Crippen LogP contribution >= 0.6 is 11.8 Å². The van der Waals surface area contributed by atoms with Crippen LogP contribution in [0.3, 0.4) is 0 Å². The molecule has 10 heteroatoms. The van der Waals surface area contributed by atoms with Crippen LogP contribution in [0.1, 0.15) is 35.1 Å². The monoisotopic (exact) mass is 544 g/mol. The highest BCUT2D eigenvalue weighted by atomic mass is 32.2. The number of carbonyl (C=O) groups is 2. The van der Waals surface area contributed by atoms with E-state index in [0.29, 0.717) is 45.9 Å². The second kappa shape index (κ2) is 11.0. The largest absolute Gasteiger partial charge is 0.467 e. The number of amidine groups is 2. The Morgan fingerprint density at radius 1 is 1.10 bits per heavy atom. The Morgan fingerprint density at radius 2 is 1.92 bits per heavy atom. The van der Waals surface area contributed by atoms with Crippen LogP contribution in [-0.4, -0.2) is 40.6 Å². The molecule has 1 unspecified atom stereocenters. The molecule has 1 atom stereocenters. The second-order valence-electron chi connectivity index (χ2n) is 9.32. The van der Waals surface area contributed by atoms with Gasteiger partial charge in [0.05, 0.1) is 12.3 Å². The minimum absolute atomic E-state index is 0.108. The maximum absolute atomic E-state index is 14.3. The van der Waals surface area contributed by atoms with Gasteiger partial charge in [0.1, 0.15) is 23.4 Å². The molecule has 1 N–H and O–H groups in total. The van der Waals surface area contributed by atoms with Crippen LogP contribution in [0.25, 0.3) is 0 Å². The summed E-state index contributed by atoms with van der Waals surface area (Å²) in [5, 5.41) is 3.48. The van der Waals surface area contributed by atoms with Crippen molar-refractivity contribution in [2.75, 3.05) is 6.79 Å². The third kappa shape index (κ3) is 5.30. The van der Waals surface area contributed by atoms with Crippen LogP contribution in [0.5, 0.6) is 5.75 Å². The highest BCUT2D eigenvalue weighted by Gasteiger charge is 2.41. The van der Waals surface area contributed by atoms with Gasteiger partial charge < -0.3 is 14.8 Å². The zero-order valence-electron chi connectivity index (χ0n) is 20.9. The molecular weight excluding hydrogens is 519 g/mol. The van der Waals surface area contributed by atoms with E-state index in [4.69, 9.17) is 14.5 Å². The van der Waals surface area contributed by atoms with Crippen molar-refractivity contribution in [1.82, 2.24) is 10.2 Å². The number of hydrogen-bond donors (Lipinski definition) is 1. The average molecular weight is 545 g/mol. The number of nitrogens with one attached hydrogen (secondary N) is 1. The molecule has 3 aliphatic heterocycles. The van der Waals surface area contributed by atoms with Crippen molar-refractivity contribution < 1.29 is 23.5 Å². The zero-order chi connectivity index (χ0) is 26.8. The molecule has 3 heterocycles. The first-order chi connectivity index (χ1) is 19.1. The summed E-state index contributed by atoms with van der Waals surface area (Å²) in [5.41, 5.74) is 3.80. The predicted octanol–water partition coefficient (Wildman–Crippen LogP) is 4.68. The van der Waals surface area contributed by atoms with Crippen LogP contribution in [0.15, 0.2) is 76.7 Å². The molecule has 3 aromatic carbocycles. The molecule has 0 aliphatic carbocycles. The summed E-state index contributed by atoms with van der Waals surface area (Å²) in [6, 6.07) is 19.4. The molecule has 0 radical (unpaired) electrons. The van der Waals surface area contributed by atoms with Gasteiger partial charge in [0.2, 0.25) is 5.91 Å². The van der Waals surface area contributed by atoms with E-state index in [0.717, 1.165) is 11.1 Å². The van der Waals surface area contributed by atoms with E-state index in [1.807, 2.05) is 59.5 Å². The molecule has 0 saturated carbocycles. The Labute approximate surface area is 228 Å². The molecule has 3 aliphatic rings. The topological polar surface area (TPSA) is 92.6 Å². The molecule has 39 heavy (non-hydrogen) atoms. The number of thioether (sulfide) groups is 1. The number of ether oxygens (including phenoxy) is 2. The molecule has 6 rings (SSSR count). The third-order valence-electron chi connectivity index (χ3n) is 6.69. The van der Waals surface area contributed by atoms with Crippen molar-refractivity contribution in [3.63, 3.8) is 0 Å². The van der Waals surface area contributed by atoms with Crippen LogP contribution in [0.2, 0.25) is 0 Å². The van der Waals surface area contributed by atoms with Crippen molar-refractivity contribution in [1.29, 1.82) is 0 Å². The minimum Gasteiger partial charge on any atom is -0.467 e. The van der Waals surface area contributed by atoms with Gasteiger partial charge in [0.25, 0.3) is 5.91 Å². The Hall–Kier alpha value is -4.02. The van der Waals surface area contributed by atoms with Gasteiger partial charge in [0.15, 0.2) is 12.0 Å². The lowest BCUT2D eigenvalue weighted by Crippen LogP contribution is -2.44. The van der Waals surface area contributed by atoms with E-state index in [-0.39, 0.29) is 43.9 Å². The van der Waals surface area contributed by atoms with Gasteiger partial charge in [-0.25, -0.2) is 9.38 Å². The van der Waals surface area contributed by atoms with Crippen molar-refractivity contribution in [2.24, 2.45) is 9.98 Å². The molecule has 2 amide bonds. The van der Waals surface area contributed by atoms with Gasteiger partial charge in [-0.05, 0) is 36.2 Å². The second-order valence-corrected chi connectivity index (χ2v) is 10.3. The summed E-state index contributed by atoms with van der Waals surface area (Å²) in [7, 11) is 0. The maximum atomic E-state index is 14.3. The van der Waals surface area contributed by atoms with Gasteiger partial charge in [-0.15, -0.1) is 0 Å². The lowest BCUT2D eigenvalue weighted by Gasteiger charge is -2.31. The number of amides is 2.